The molecule has 1 unspecified atom stereocenters. The number of nitrogens with two attached hydrogens (primary N) is 1. The zero-order valence-corrected chi connectivity index (χ0v) is 10.8. The minimum atomic E-state index is 0.300. The van der Waals surface area contributed by atoms with Gasteiger partial charge in [0.2, 0.25) is 0 Å². The fraction of sp³-hybridized carbons (Fsp3) is 0.462. The minimum Gasteiger partial charge on any atom is -0.399 e. The van der Waals surface area contributed by atoms with Crippen LogP contribution in [0.25, 0.3) is 0 Å². The third kappa shape index (κ3) is 2.86. The van der Waals surface area contributed by atoms with E-state index in [4.69, 9.17) is 11.0 Å². The molecule has 0 aromatic heterocycles. The summed E-state index contributed by atoms with van der Waals surface area (Å²) in [5.41, 5.74) is 7.80. The molecule has 2 rings (SSSR count). The average Bonchev–Trinajstić information content (AvgIpc) is 2.75. The van der Waals surface area contributed by atoms with Crippen molar-refractivity contribution in [2.24, 2.45) is 0 Å². The molecule has 1 aromatic carbocycles. The second kappa shape index (κ2) is 4.89. The first-order valence-corrected chi connectivity index (χ1v) is 6.79. The van der Waals surface area contributed by atoms with Gasteiger partial charge in [-0.1, -0.05) is 0 Å². The van der Waals surface area contributed by atoms with Gasteiger partial charge < -0.3 is 11.1 Å². The molecule has 1 aliphatic heterocycles. The average molecular weight is 247 g/mol. The van der Waals surface area contributed by atoms with E-state index in [1.807, 2.05) is 23.9 Å². The third-order valence-electron chi connectivity index (χ3n) is 3.12. The van der Waals surface area contributed by atoms with Gasteiger partial charge in [0.05, 0.1) is 11.3 Å². The maximum atomic E-state index is 9.05. The Labute approximate surface area is 106 Å². The van der Waals surface area contributed by atoms with Crippen LogP contribution in [0, 0.1) is 11.3 Å². The van der Waals surface area contributed by atoms with Crippen LogP contribution in [0.2, 0.25) is 0 Å². The molecule has 1 aliphatic rings. The van der Waals surface area contributed by atoms with Crippen molar-refractivity contribution >= 4 is 23.1 Å². The van der Waals surface area contributed by atoms with Crippen molar-refractivity contribution in [2.75, 3.05) is 23.3 Å². The topological polar surface area (TPSA) is 61.8 Å². The predicted octanol–water partition coefficient (Wildman–Crippen LogP) is 2.84. The molecule has 1 aromatic rings. The second-order valence-electron chi connectivity index (χ2n) is 4.67. The van der Waals surface area contributed by atoms with Gasteiger partial charge in [-0.15, -0.1) is 0 Å². The van der Waals surface area contributed by atoms with Crippen molar-refractivity contribution in [1.82, 2.24) is 0 Å². The van der Waals surface area contributed by atoms with Crippen LogP contribution in [0.15, 0.2) is 18.2 Å². The molecule has 1 heterocycles. The number of thioether (sulfide) groups is 1. The molecule has 1 atom stereocenters. The summed E-state index contributed by atoms with van der Waals surface area (Å²) in [5, 5.41) is 12.4. The van der Waals surface area contributed by atoms with Gasteiger partial charge in [0.25, 0.3) is 0 Å². The summed E-state index contributed by atoms with van der Waals surface area (Å²) >= 11 is 2.01. The lowest BCUT2D eigenvalue weighted by molar-refractivity contribution is 0.635. The summed E-state index contributed by atoms with van der Waals surface area (Å²) in [5.74, 6) is 1.24. The molecule has 3 N–H and O–H groups in total. The van der Waals surface area contributed by atoms with Gasteiger partial charge in [0.15, 0.2) is 0 Å². The van der Waals surface area contributed by atoms with E-state index in [0.717, 1.165) is 12.2 Å². The highest BCUT2D eigenvalue weighted by molar-refractivity contribution is 8.00. The molecule has 1 saturated heterocycles. The van der Waals surface area contributed by atoms with Crippen molar-refractivity contribution < 1.29 is 0 Å². The van der Waals surface area contributed by atoms with Crippen LogP contribution in [0.3, 0.4) is 0 Å². The van der Waals surface area contributed by atoms with Crippen molar-refractivity contribution in [1.29, 1.82) is 5.26 Å². The number of hydrogen-bond acceptors (Lipinski definition) is 4. The van der Waals surface area contributed by atoms with Gasteiger partial charge in [-0.05, 0) is 43.7 Å². The number of benzene rings is 1. The summed E-state index contributed by atoms with van der Waals surface area (Å²) in [6.45, 7) is 3.18. The molecule has 3 nitrogen and oxygen atoms in total. The first kappa shape index (κ1) is 12.1. The lowest BCUT2D eigenvalue weighted by Crippen LogP contribution is -2.27. The molecule has 17 heavy (non-hydrogen) atoms. The largest absolute Gasteiger partial charge is 0.399 e. The van der Waals surface area contributed by atoms with Gasteiger partial charge in [-0.2, -0.15) is 17.0 Å². The monoisotopic (exact) mass is 247 g/mol. The van der Waals surface area contributed by atoms with E-state index in [1.54, 1.807) is 6.07 Å². The first-order chi connectivity index (χ1) is 8.13. The fourth-order valence-electron chi connectivity index (χ4n) is 2.07. The molecule has 90 valence electrons. The Morgan fingerprint density at radius 2 is 2.41 bits per heavy atom. The van der Waals surface area contributed by atoms with Crippen molar-refractivity contribution in [2.45, 2.75) is 24.5 Å². The van der Waals surface area contributed by atoms with E-state index in [9.17, 15) is 0 Å². The van der Waals surface area contributed by atoms with E-state index in [-0.39, 0.29) is 0 Å². The molecule has 0 amide bonds. The third-order valence-corrected chi connectivity index (χ3v) is 4.66. The molecule has 1 fully saturated rings. The summed E-state index contributed by atoms with van der Waals surface area (Å²) in [4.78, 5) is 0. The van der Waals surface area contributed by atoms with Crippen molar-refractivity contribution in [3.63, 3.8) is 0 Å². The Hall–Kier alpha value is -1.34. The quantitative estimate of drug-likeness (QED) is 0.806. The number of nitrogen functional groups attached to an aromatic ring is 1. The van der Waals surface area contributed by atoms with Crippen molar-refractivity contribution in [3.8, 4) is 6.07 Å². The SMILES string of the molecule is CC1(CNc2ccc(N)cc2C#N)CCCS1. The van der Waals surface area contributed by atoms with Crippen LogP contribution in [-0.2, 0) is 0 Å². The number of anilines is 2. The Morgan fingerprint density at radius 3 is 3.06 bits per heavy atom. The van der Waals surface area contributed by atoms with Crippen LogP contribution >= 0.6 is 11.8 Å². The Balaban J connectivity index is 2.06. The Morgan fingerprint density at radius 1 is 1.59 bits per heavy atom. The lowest BCUT2D eigenvalue weighted by atomic mass is 10.1. The highest BCUT2D eigenvalue weighted by Gasteiger charge is 2.29. The molecular weight excluding hydrogens is 230 g/mol. The number of nitrogens with zero attached hydrogens (tertiary/aromatic N) is 1. The number of nitrogens with one attached hydrogen (secondary N) is 1. The van der Waals surface area contributed by atoms with Gasteiger partial charge in [-0.3, -0.25) is 0 Å². The normalized spacial score (nSPS) is 23.3. The highest BCUT2D eigenvalue weighted by Crippen LogP contribution is 2.37. The molecule has 4 heteroatoms. The molecule has 0 aliphatic carbocycles. The Bertz CT molecular complexity index is 444. The zero-order valence-electron chi connectivity index (χ0n) is 9.99. The number of hydrogen-bond donors (Lipinski definition) is 2. The molecule has 0 bridgehead atoms. The maximum Gasteiger partial charge on any atom is 0.101 e. The highest BCUT2D eigenvalue weighted by atomic mass is 32.2. The zero-order chi connectivity index (χ0) is 12.3. The summed E-state index contributed by atoms with van der Waals surface area (Å²) in [6.07, 6.45) is 2.53. The van der Waals surface area contributed by atoms with Gasteiger partial charge >= 0.3 is 0 Å². The van der Waals surface area contributed by atoms with E-state index in [1.165, 1.54) is 18.6 Å². The van der Waals surface area contributed by atoms with Gasteiger partial charge in [0.1, 0.15) is 6.07 Å². The molecule has 0 radical (unpaired) electrons. The maximum absolute atomic E-state index is 9.05. The van der Waals surface area contributed by atoms with E-state index in [2.05, 4.69) is 18.3 Å². The van der Waals surface area contributed by atoms with E-state index in [0.29, 0.717) is 16.0 Å². The summed E-state index contributed by atoms with van der Waals surface area (Å²) < 4.78 is 0.300. The minimum absolute atomic E-state index is 0.300. The molecular formula is C13H17N3S. The van der Waals surface area contributed by atoms with E-state index < -0.39 is 0 Å². The summed E-state index contributed by atoms with van der Waals surface area (Å²) in [6, 6.07) is 7.60. The predicted molar refractivity (Wildman–Crippen MR) is 74.2 cm³/mol. The Kier molecular flexibility index (Phi) is 3.49. The fourth-order valence-corrected chi connectivity index (χ4v) is 3.31. The summed E-state index contributed by atoms with van der Waals surface area (Å²) in [7, 11) is 0. The van der Waals surface area contributed by atoms with Gasteiger partial charge in [-0.25, -0.2) is 0 Å². The second-order valence-corrected chi connectivity index (χ2v) is 6.35. The van der Waals surface area contributed by atoms with Crippen LogP contribution in [-0.4, -0.2) is 17.0 Å². The number of rotatable bonds is 3. The van der Waals surface area contributed by atoms with Crippen LogP contribution in [0.5, 0.6) is 0 Å². The van der Waals surface area contributed by atoms with Gasteiger partial charge in [0, 0.05) is 17.0 Å². The van der Waals surface area contributed by atoms with Crippen LogP contribution in [0.1, 0.15) is 25.3 Å². The van der Waals surface area contributed by atoms with Crippen LogP contribution < -0.4 is 11.1 Å². The molecule has 0 saturated carbocycles. The lowest BCUT2D eigenvalue weighted by Gasteiger charge is -2.24. The molecule has 0 spiro atoms. The van der Waals surface area contributed by atoms with Crippen LogP contribution in [0.4, 0.5) is 11.4 Å². The smallest absolute Gasteiger partial charge is 0.101 e. The first-order valence-electron chi connectivity index (χ1n) is 5.80. The standard InChI is InChI=1S/C13H17N3S/c1-13(5-2-6-17-13)9-16-12-4-3-11(15)7-10(12)8-14/h3-4,7,16H,2,5-6,9,15H2,1H3. The van der Waals surface area contributed by atoms with E-state index >= 15 is 0 Å². The van der Waals surface area contributed by atoms with Crippen molar-refractivity contribution in [3.05, 3.63) is 23.8 Å². The number of nitriles is 1.